The Labute approximate surface area is 112 Å². The molecule has 2 N–H and O–H groups in total. The standard InChI is InChI=1S/C14H18N2O3/c17-12-4-2-1-3-11(12)16-8-13(19-9-14(16)18)10-5-6-15-7-10/h1-4,10,13,15,17H,5-9H2. The van der Waals surface area contributed by atoms with Crippen LogP contribution in [0.3, 0.4) is 0 Å². The number of ether oxygens (including phenoxy) is 1. The maximum Gasteiger partial charge on any atom is 0.253 e. The van der Waals surface area contributed by atoms with E-state index in [1.807, 2.05) is 6.07 Å². The van der Waals surface area contributed by atoms with E-state index in [1.165, 1.54) is 0 Å². The number of nitrogens with zero attached hydrogens (tertiary/aromatic N) is 1. The van der Waals surface area contributed by atoms with Gasteiger partial charge in [0.1, 0.15) is 12.4 Å². The molecule has 2 aliphatic heterocycles. The van der Waals surface area contributed by atoms with Crippen molar-refractivity contribution in [2.75, 3.05) is 31.1 Å². The summed E-state index contributed by atoms with van der Waals surface area (Å²) in [6.45, 7) is 2.56. The molecule has 2 unspecified atom stereocenters. The minimum Gasteiger partial charge on any atom is -0.506 e. The van der Waals surface area contributed by atoms with Crippen LogP contribution in [0.15, 0.2) is 24.3 Å². The number of nitrogens with one attached hydrogen (secondary N) is 1. The highest BCUT2D eigenvalue weighted by molar-refractivity contribution is 5.96. The molecule has 0 aromatic heterocycles. The maximum atomic E-state index is 12.0. The van der Waals surface area contributed by atoms with Crippen molar-refractivity contribution in [2.45, 2.75) is 12.5 Å². The van der Waals surface area contributed by atoms with E-state index in [9.17, 15) is 9.90 Å². The molecule has 1 aromatic rings. The molecular formula is C14H18N2O3. The van der Waals surface area contributed by atoms with Gasteiger partial charge in [0.05, 0.1) is 18.3 Å². The first-order valence-electron chi connectivity index (χ1n) is 6.66. The number of hydrogen-bond donors (Lipinski definition) is 2. The largest absolute Gasteiger partial charge is 0.506 e. The zero-order valence-electron chi connectivity index (χ0n) is 10.7. The molecular weight excluding hydrogens is 244 g/mol. The predicted octanol–water partition coefficient (Wildman–Crippen LogP) is 0.733. The van der Waals surface area contributed by atoms with Crippen LogP contribution in [0.2, 0.25) is 0 Å². The number of para-hydroxylation sites is 2. The monoisotopic (exact) mass is 262 g/mol. The number of phenolic OH excluding ortho intramolecular Hbond substituents is 1. The highest BCUT2D eigenvalue weighted by atomic mass is 16.5. The second-order valence-electron chi connectivity index (χ2n) is 5.10. The Morgan fingerprint density at radius 2 is 2.21 bits per heavy atom. The van der Waals surface area contributed by atoms with Crippen molar-refractivity contribution >= 4 is 11.6 Å². The van der Waals surface area contributed by atoms with Gasteiger partial charge in [-0.2, -0.15) is 0 Å². The second kappa shape index (κ2) is 5.19. The lowest BCUT2D eigenvalue weighted by molar-refractivity contribution is -0.131. The van der Waals surface area contributed by atoms with Crippen molar-refractivity contribution in [3.8, 4) is 5.75 Å². The van der Waals surface area contributed by atoms with Crippen LogP contribution in [-0.4, -0.2) is 43.4 Å². The average molecular weight is 262 g/mol. The third kappa shape index (κ3) is 2.43. The molecule has 1 amide bonds. The molecule has 1 aromatic carbocycles. The van der Waals surface area contributed by atoms with Gasteiger partial charge < -0.3 is 20.1 Å². The fourth-order valence-electron chi connectivity index (χ4n) is 2.80. The van der Waals surface area contributed by atoms with Gasteiger partial charge >= 0.3 is 0 Å². The molecule has 5 nitrogen and oxygen atoms in total. The summed E-state index contributed by atoms with van der Waals surface area (Å²) < 4.78 is 5.65. The lowest BCUT2D eigenvalue weighted by Crippen LogP contribution is -2.49. The molecule has 2 aliphatic rings. The van der Waals surface area contributed by atoms with Crippen molar-refractivity contribution in [2.24, 2.45) is 5.92 Å². The summed E-state index contributed by atoms with van der Waals surface area (Å²) in [7, 11) is 0. The predicted molar refractivity (Wildman–Crippen MR) is 71.2 cm³/mol. The first kappa shape index (κ1) is 12.4. The lowest BCUT2D eigenvalue weighted by Gasteiger charge is -2.35. The first-order valence-corrected chi connectivity index (χ1v) is 6.66. The number of aromatic hydroxyl groups is 1. The summed E-state index contributed by atoms with van der Waals surface area (Å²) in [5.74, 6) is 0.492. The van der Waals surface area contributed by atoms with Crippen LogP contribution in [-0.2, 0) is 9.53 Å². The third-order valence-corrected chi connectivity index (χ3v) is 3.88. The molecule has 0 spiro atoms. The van der Waals surface area contributed by atoms with Crippen molar-refractivity contribution in [1.82, 2.24) is 5.32 Å². The van der Waals surface area contributed by atoms with E-state index in [0.717, 1.165) is 19.5 Å². The molecule has 5 heteroatoms. The van der Waals surface area contributed by atoms with Gasteiger partial charge in [0, 0.05) is 12.5 Å². The van der Waals surface area contributed by atoms with Gasteiger partial charge in [0.25, 0.3) is 5.91 Å². The second-order valence-corrected chi connectivity index (χ2v) is 5.10. The zero-order chi connectivity index (χ0) is 13.2. The fourth-order valence-corrected chi connectivity index (χ4v) is 2.80. The SMILES string of the molecule is O=C1COC(C2CCNC2)CN1c1ccccc1O. The van der Waals surface area contributed by atoms with Crippen molar-refractivity contribution in [3.63, 3.8) is 0 Å². The van der Waals surface area contributed by atoms with Gasteiger partial charge in [0.2, 0.25) is 0 Å². The van der Waals surface area contributed by atoms with E-state index < -0.39 is 0 Å². The Balaban J connectivity index is 1.79. The Morgan fingerprint density at radius 3 is 2.95 bits per heavy atom. The van der Waals surface area contributed by atoms with E-state index in [1.54, 1.807) is 23.1 Å². The number of phenols is 1. The van der Waals surface area contributed by atoms with Gasteiger partial charge in [-0.25, -0.2) is 0 Å². The number of hydrogen-bond acceptors (Lipinski definition) is 4. The molecule has 102 valence electrons. The van der Waals surface area contributed by atoms with E-state index in [-0.39, 0.29) is 24.4 Å². The van der Waals surface area contributed by atoms with Crippen LogP contribution >= 0.6 is 0 Å². The Bertz CT molecular complexity index is 472. The molecule has 0 bridgehead atoms. The quantitative estimate of drug-likeness (QED) is 0.825. The molecule has 0 aliphatic carbocycles. The Kier molecular flexibility index (Phi) is 3.40. The number of amides is 1. The summed E-state index contributed by atoms with van der Waals surface area (Å²) >= 11 is 0. The van der Waals surface area contributed by atoms with E-state index >= 15 is 0 Å². The van der Waals surface area contributed by atoms with E-state index in [0.29, 0.717) is 18.2 Å². The van der Waals surface area contributed by atoms with Crippen molar-refractivity contribution in [1.29, 1.82) is 0 Å². The number of anilines is 1. The van der Waals surface area contributed by atoms with Crippen molar-refractivity contribution < 1.29 is 14.6 Å². The molecule has 19 heavy (non-hydrogen) atoms. The highest BCUT2D eigenvalue weighted by Gasteiger charge is 2.34. The van der Waals surface area contributed by atoms with E-state index in [4.69, 9.17) is 4.74 Å². The molecule has 2 saturated heterocycles. The summed E-state index contributed by atoms with van der Waals surface area (Å²) in [5, 5.41) is 13.2. The van der Waals surface area contributed by atoms with E-state index in [2.05, 4.69) is 5.32 Å². The average Bonchev–Trinajstić information content (AvgIpc) is 2.94. The molecule has 2 atom stereocenters. The van der Waals surface area contributed by atoms with Gasteiger partial charge in [0.15, 0.2) is 0 Å². The van der Waals surface area contributed by atoms with Crippen LogP contribution in [0, 0.1) is 5.92 Å². The number of morpholine rings is 1. The normalized spacial score (nSPS) is 27.8. The topological polar surface area (TPSA) is 61.8 Å². The maximum absolute atomic E-state index is 12.0. The minimum absolute atomic E-state index is 0.0484. The number of rotatable bonds is 2. The fraction of sp³-hybridized carbons (Fsp3) is 0.500. The van der Waals surface area contributed by atoms with Crippen LogP contribution in [0.1, 0.15) is 6.42 Å². The third-order valence-electron chi connectivity index (χ3n) is 3.88. The van der Waals surface area contributed by atoms with Crippen LogP contribution in [0.5, 0.6) is 5.75 Å². The van der Waals surface area contributed by atoms with Gasteiger partial charge in [-0.05, 0) is 25.1 Å². The summed E-state index contributed by atoms with van der Waals surface area (Å²) in [4.78, 5) is 13.6. The summed E-state index contributed by atoms with van der Waals surface area (Å²) in [6.07, 6.45) is 1.13. The van der Waals surface area contributed by atoms with Crippen LogP contribution < -0.4 is 10.2 Å². The summed E-state index contributed by atoms with van der Waals surface area (Å²) in [6, 6.07) is 6.94. The zero-order valence-corrected chi connectivity index (χ0v) is 10.7. The summed E-state index contributed by atoms with van der Waals surface area (Å²) in [5.41, 5.74) is 0.576. The Morgan fingerprint density at radius 1 is 1.37 bits per heavy atom. The molecule has 3 rings (SSSR count). The smallest absolute Gasteiger partial charge is 0.253 e. The molecule has 0 radical (unpaired) electrons. The highest BCUT2D eigenvalue weighted by Crippen LogP contribution is 2.30. The van der Waals surface area contributed by atoms with Crippen LogP contribution in [0.25, 0.3) is 0 Å². The first-order chi connectivity index (χ1) is 9.25. The number of carbonyl (C=O) groups is 1. The number of carbonyl (C=O) groups excluding carboxylic acids is 1. The van der Waals surface area contributed by atoms with Gasteiger partial charge in [-0.3, -0.25) is 4.79 Å². The Hall–Kier alpha value is -1.59. The molecule has 2 fully saturated rings. The van der Waals surface area contributed by atoms with Gasteiger partial charge in [-0.1, -0.05) is 12.1 Å². The molecule has 2 heterocycles. The lowest BCUT2D eigenvalue weighted by atomic mass is 9.99. The minimum atomic E-state index is -0.0938. The van der Waals surface area contributed by atoms with Gasteiger partial charge in [-0.15, -0.1) is 0 Å². The van der Waals surface area contributed by atoms with Crippen LogP contribution in [0.4, 0.5) is 5.69 Å². The number of benzene rings is 1. The molecule has 0 saturated carbocycles. The van der Waals surface area contributed by atoms with Crippen molar-refractivity contribution in [3.05, 3.63) is 24.3 Å².